The zero-order valence-electron chi connectivity index (χ0n) is 13.1. The Hall–Kier alpha value is -3.34. The second-order valence-corrected chi connectivity index (χ2v) is 5.46. The van der Waals surface area contributed by atoms with Crippen molar-refractivity contribution >= 4 is 22.4 Å². The molecule has 1 heterocycles. The van der Waals surface area contributed by atoms with Crippen molar-refractivity contribution in [2.45, 2.75) is 6.67 Å². The number of rotatable bonds is 5. The zero-order valence-corrected chi connectivity index (χ0v) is 13.1. The van der Waals surface area contributed by atoms with Crippen LogP contribution in [0.2, 0.25) is 0 Å². The molecule has 118 valence electrons. The van der Waals surface area contributed by atoms with E-state index in [0.29, 0.717) is 6.67 Å². The van der Waals surface area contributed by atoms with Crippen molar-refractivity contribution < 1.29 is 0 Å². The monoisotopic (exact) mass is 315 g/mol. The molecule has 0 atom stereocenters. The molecule has 1 N–H and O–H groups in total. The van der Waals surface area contributed by atoms with Crippen molar-refractivity contribution in [2.24, 2.45) is 0 Å². The number of hydrogen-bond acceptors (Lipinski definition) is 4. The predicted octanol–water partition coefficient (Wildman–Crippen LogP) is 3.92. The number of para-hydroxylation sites is 3. The minimum absolute atomic E-state index is 0.541. The van der Waals surface area contributed by atoms with Gasteiger partial charge in [-0.3, -0.25) is 10.4 Å². The molecular formula is C19H17N5. The van der Waals surface area contributed by atoms with Gasteiger partial charge in [0.1, 0.15) is 12.2 Å². The van der Waals surface area contributed by atoms with Gasteiger partial charge in [-0.25, -0.2) is 4.68 Å². The van der Waals surface area contributed by atoms with Crippen molar-refractivity contribution in [3.8, 4) is 0 Å². The molecule has 0 fully saturated rings. The third-order valence-corrected chi connectivity index (χ3v) is 3.80. The van der Waals surface area contributed by atoms with E-state index in [-0.39, 0.29) is 0 Å². The number of anilines is 2. The van der Waals surface area contributed by atoms with Crippen LogP contribution in [0, 0.1) is 0 Å². The number of nitrogens with zero attached hydrogens (tertiary/aromatic N) is 4. The lowest BCUT2D eigenvalue weighted by molar-refractivity contribution is 0.597. The molecule has 5 heteroatoms. The molecule has 0 radical (unpaired) electrons. The molecule has 0 aliphatic heterocycles. The summed E-state index contributed by atoms with van der Waals surface area (Å²) < 4.78 is 1.89. The highest BCUT2D eigenvalue weighted by Gasteiger charge is 2.10. The summed E-state index contributed by atoms with van der Waals surface area (Å²) >= 11 is 0. The van der Waals surface area contributed by atoms with Crippen LogP contribution in [-0.2, 0) is 6.67 Å². The van der Waals surface area contributed by atoms with Gasteiger partial charge in [-0.15, -0.1) is 5.10 Å². The van der Waals surface area contributed by atoms with E-state index in [2.05, 4.69) is 32.9 Å². The van der Waals surface area contributed by atoms with Crippen LogP contribution in [-0.4, -0.2) is 15.0 Å². The van der Waals surface area contributed by atoms with Crippen molar-refractivity contribution in [1.29, 1.82) is 0 Å². The molecular weight excluding hydrogens is 298 g/mol. The van der Waals surface area contributed by atoms with Gasteiger partial charge in [-0.05, 0) is 36.4 Å². The molecule has 4 aromatic rings. The first-order valence-electron chi connectivity index (χ1n) is 7.83. The van der Waals surface area contributed by atoms with E-state index >= 15 is 0 Å². The fraction of sp³-hybridized carbons (Fsp3) is 0.0526. The van der Waals surface area contributed by atoms with Crippen molar-refractivity contribution in [1.82, 2.24) is 15.0 Å². The largest absolute Gasteiger partial charge is 0.297 e. The average Bonchev–Trinajstić information content (AvgIpc) is 3.06. The summed E-state index contributed by atoms with van der Waals surface area (Å²) in [4.78, 5) is 0. The molecule has 0 saturated carbocycles. The molecule has 0 unspecified atom stereocenters. The minimum Gasteiger partial charge on any atom is -0.297 e. The van der Waals surface area contributed by atoms with Crippen LogP contribution in [0.5, 0.6) is 0 Å². The lowest BCUT2D eigenvalue weighted by Crippen LogP contribution is -2.32. The molecule has 0 aliphatic rings. The second-order valence-electron chi connectivity index (χ2n) is 5.46. The molecule has 3 aromatic carbocycles. The molecule has 24 heavy (non-hydrogen) atoms. The summed E-state index contributed by atoms with van der Waals surface area (Å²) in [6.45, 7) is 0.541. The number of hydrogen-bond donors (Lipinski definition) is 1. The highest BCUT2D eigenvalue weighted by atomic mass is 15.6. The van der Waals surface area contributed by atoms with Gasteiger partial charge in [0.05, 0.1) is 16.9 Å². The van der Waals surface area contributed by atoms with E-state index in [4.69, 9.17) is 0 Å². The van der Waals surface area contributed by atoms with Crippen LogP contribution in [0.25, 0.3) is 11.0 Å². The Labute approximate surface area is 140 Å². The fourth-order valence-corrected chi connectivity index (χ4v) is 2.61. The maximum absolute atomic E-state index is 4.29. The van der Waals surface area contributed by atoms with Gasteiger partial charge in [0, 0.05) is 0 Å². The highest BCUT2D eigenvalue weighted by molar-refractivity contribution is 5.74. The fourth-order valence-electron chi connectivity index (χ4n) is 2.61. The highest BCUT2D eigenvalue weighted by Crippen LogP contribution is 2.18. The molecule has 0 aliphatic carbocycles. The van der Waals surface area contributed by atoms with E-state index in [1.165, 1.54) is 0 Å². The summed E-state index contributed by atoms with van der Waals surface area (Å²) in [5, 5.41) is 10.6. The van der Waals surface area contributed by atoms with E-state index in [1.54, 1.807) is 0 Å². The Morgan fingerprint density at radius 3 is 2.25 bits per heavy atom. The van der Waals surface area contributed by atoms with E-state index < -0.39 is 0 Å². The topological polar surface area (TPSA) is 46.0 Å². The Morgan fingerprint density at radius 1 is 0.792 bits per heavy atom. The van der Waals surface area contributed by atoms with Gasteiger partial charge >= 0.3 is 0 Å². The SMILES string of the molecule is c1ccc(NN(Cn2nnc3ccccc32)c2ccccc2)cc1. The first-order valence-corrected chi connectivity index (χ1v) is 7.83. The average molecular weight is 315 g/mol. The van der Waals surface area contributed by atoms with Crippen molar-refractivity contribution in [3.63, 3.8) is 0 Å². The Morgan fingerprint density at radius 2 is 1.46 bits per heavy atom. The number of benzene rings is 3. The van der Waals surface area contributed by atoms with Crippen LogP contribution < -0.4 is 10.4 Å². The van der Waals surface area contributed by atoms with E-state index in [0.717, 1.165) is 22.4 Å². The van der Waals surface area contributed by atoms with Gasteiger partial charge in [-0.2, -0.15) is 0 Å². The summed E-state index contributed by atoms with van der Waals surface area (Å²) in [5.41, 5.74) is 7.42. The normalized spacial score (nSPS) is 10.7. The van der Waals surface area contributed by atoms with Crippen molar-refractivity contribution in [2.75, 3.05) is 10.4 Å². The Bertz CT molecular complexity index is 918. The summed E-state index contributed by atoms with van der Waals surface area (Å²) in [6.07, 6.45) is 0. The van der Waals surface area contributed by atoms with Crippen LogP contribution in [0.1, 0.15) is 0 Å². The Kier molecular flexibility index (Phi) is 3.81. The van der Waals surface area contributed by atoms with Gasteiger partial charge in [0.25, 0.3) is 0 Å². The van der Waals surface area contributed by atoms with Crippen LogP contribution in [0.4, 0.5) is 11.4 Å². The molecule has 0 saturated heterocycles. The summed E-state index contributed by atoms with van der Waals surface area (Å²) in [6, 6.07) is 28.2. The second kappa shape index (κ2) is 6.42. The van der Waals surface area contributed by atoms with Crippen LogP contribution in [0.3, 0.4) is 0 Å². The van der Waals surface area contributed by atoms with Gasteiger partial charge in [-0.1, -0.05) is 53.7 Å². The van der Waals surface area contributed by atoms with E-state index in [9.17, 15) is 0 Å². The van der Waals surface area contributed by atoms with E-state index in [1.807, 2.05) is 77.5 Å². The lowest BCUT2D eigenvalue weighted by atomic mass is 10.3. The smallest absolute Gasteiger partial charge is 0.134 e. The molecule has 4 rings (SSSR count). The van der Waals surface area contributed by atoms with Crippen LogP contribution in [0.15, 0.2) is 84.9 Å². The third-order valence-electron chi connectivity index (χ3n) is 3.80. The molecule has 0 spiro atoms. The number of fused-ring (bicyclic) bond motifs is 1. The van der Waals surface area contributed by atoms with Gasteiger partial charge < -0.3 is 0 Å². The maximum atomic E-state index is 4.29. The molecule has 5 nitrogen and oxygen atoms in total. The number of hydrazine groups is 1. The maximum Gasteiger partial charge on any atom is 0.134 e. The summed E-state index contributed by atoms with van der Waals surface area (Å²) in [7, 11) is 0. The molecule has 0 amide bonds. The van der Waals surface area contributed by atoms with Crippen LogP contribution >= 0.6 is 0 Å². The van der Waals surface area contributed by atoms with Gasteiger partial charge in [0.2, 0.25) is 0 Å². The summed E-state index contributed by atoms with van der Waals surface area (Å²) in [5.74, 6) is 0. The first kappa shape index (κ1) is 14.3. The molecule has 0 bridgehead atoms. The first-order chi connectivity index (χ1) is 11.9. The zero-order chi connectivity index (χ0) is 16.2. The quantitative estimate of drug-likeness (QED) is 0.567. The molecule has 1 aromatic heterocycles. The standard InChI is InChI=1S/C19H17N5/c1-3-9-16(10-4-1)21-23(17-11-5-2-6-12-17)15-24-19-14-8-7-13-18(19)20-22-24/h1-14,21H,15H2. The third kappa shape index (κ3) is 2.92. The Balaban J connectivity index is 1.67. The minimum atomic E-state index is 0.541. The number of nitrogens with one attached hydrogen (secondary N) is 1. The predicted molar refractivity (Wildman–Crippen MR) is 96.5 cm³/mol. The number of aromatic nitrogens is 3. The lowest BCUT2D eigenvalue weighted by Gasteiger charge is -2.26. The van der Waals surface area contributed by atoms with Crippen molar-refractivity contribution in [3.05, 3.63) is 84.9 Å². The van der Waals surface area contributed by atoms with Gasteiger partial charge in [0.15, 0.2) is 0 Å².